The van der Waals surface area contributed by atoms with Crippen LogP contribution < -0.4 is 4.74 Å². The SMILES string of the molecule is FC(F)c1ccc(OCC2CC2)c(Br)c1. The van der Waals surface area contributed by atoms with Crippen LogP contribution in [0.1, 0.15) is 24.8 Å². The van der Waals surface area contributed by atoms with Gasteiger partial charge in [-0.15, -0.1) is 0 Å². The van der Waals surface area contributed by atoms with E-state index in [2.05, 4.69) is 15.9 Å². The predicted molar refractivity (Wildman–Crippen MR) is 57.3 cm³/mol. The maximum atomic E-state index is 12.3. The van der Waals surface area contributed by atoms with Gasteiger partial charge >= 0.3 is 0 Å². The van der Waals surface area contributed by atoms with Crippen molar-refractivity contribution in [3.63, 3.8) is 0 Å². The first-order valence-electron chi connectivity index (χ1n) is 4.87. The van der Waals surface area contributed by atoms with Crippen LogP contribution in [0.5, 0.6) is 5.75 Å². The standard InChI is InChI=1S/C11H11BrF2O/c12-9-5-8(11(13)14)3-4-10(9)15-6-7-1-2-7/h3-5,7,11H,1-2,6H2. The highest BCUT2D eigenvalue weighted by Gasteiger charge is 2.22. The van der Waals surface area contributed by atoms with Crippen molar-refractivity contribution in [3.05, 3.63) is 28.2 Å². The summed E-state index contributed by atoms with van der Waals surface area (Å²) in [5.41, 5.74) is 0.0145. The predicted octanol–water partition coefficient (Wildman–Crippen LogP) is 4.18. The smallest absolute Gasteiger partial charge is 0.263 e. The maximum Gasteiger partial charge on any atom is 0.263 e. The zero-order valence-corrected chi connectivity index (χ0v) is 9.64. The molecule has 0 aromatic heterocycles. The number of benzene rings is 1. The average Bonchev–Trinajstić information content (AvgIpc) is 2.99. The van der Waals surface area contributed by atoms with Gasteiger partial charge in [0.15, 0.2) is 0 Å². The van der Waals surface area contributed by atoms with Crippen LogP contribution in [-0.2, 0) is 0 Å². The third-order valence-corrected chi connectivity index (χ3v) is 3.00. The molecule has 1 nitrogen and oxygen atoms in total. The largest absolute Gasteiger partial charge is 0.492 e. The number of halogens is 3. The lowest BCUT2D eigenvalue weighted by Gasteiger charge is -2.08. The fourth-order valence-electron chi connectivity index (χ4n) is 1.26. The lowest BCUT2D eigenvalue weighted by Crippen LogP contribution is -1.99. The van der Waals surface area contributed by atoms with E-state index in [1.807, 2.05) is 0 Å². The summed E-state index contributed by atoms with van der Waals surface area (Å²) >= 11 is 3.23. The van der Waals surface area contributed by atoms with Crippen molar-refractivity contribution in [2.24, 2.45) is 5.92 Å². The molecule has 0 unspecified atom stereocenters. The average molecular weight is 277 g/mol. The Bertz CT molecular complexity index is 350. The minimum absolute atomic E-state index is 0.0145. The van der Waals surface area contributed by atoms with E-state index in [1.54, 1.807) is 6.07 Å². The first kappa shape index (κ1) is 10.9. The van der Waals surface area contributed by atoms with Crippen LogP contribution in [0, 0.1) is 5.92 Å². The van der Waals surface area contributed by atoms with Crippen molar-refractivity contribution in [3.8, 4) is 5.75 Å². The summed E-state index contributed by atoms with van der Waals surface area (Å²) in [5.74, 6) is 1.30. The van der Waals surface area contributed by atoms with E-state index in [0.717, 1.165) is 0 Å². The minimum atomic E-state index is -2.43. The zero-order chi connectivity index (χ0) is 10.8. The first-order chi connectivity index (χ1) is 7.16. The number of alkyl halides is 2. The van der Waals surface area contributed by atoms with Gasteiger partial charge in [0, 0.05) is 5.56 Å². The van der Waals surface area contributed by atoms with Crippen LogP contribution in [0.2, 0.25) is 0 Å². The molecule has 1 saturated carbocycles. The van der Waals surface area contributed by atoms with Crippen molar-refractivity contribution in [2.75, 3.05) is 6.61 Å². The van der Waals surface area contributed by atoms with E-state index >= 15 is 0 Å². The van der Waals surface area contributed by atoms with Gasteiger partial charge in [-0.05, 0) is 52.9 Å². The third kappa shape index (κ3) is 2.91. The van der Waals surface area contributed by atoms with Crippen LogP contribution in [-0.4, -0.2) is 6.61 Å². The molecule has 4 heteroatoms. The van der Waals surface area contributed by atoms with Gasteiger partial charge < -0.3 is 4.74 Å². The molecule has 1 aliphatic rings. The molecule has 0 radical (unpaired) electrons. The topological polar surface area (TPSA) is 9.23 Å². The molecule has 0 aliphatic heterocycles. The Morgan fingerprint density at radius 2 is 2.13 bits per heavy atom. The fraction of sp³-hybridized carbons (Fsp3) is 0.455. The normalized spacial score (nSPS) is 15.7. The summed E-state index contributed by atoms with van der Waals surface area (Å²) in [6.07, 6.45) is -0.00165. The monoisotopic (exact) mass is 276 g/mol. The second-order valence-corrected chi connectivity index (χ2v) is 4.60. The third-order valence-electron chi connectivity index (χ3n) is 2.38. The summed E-state index contributed by atoms with van der Waals surface area (Å²) in [6.45, 7) is 0.687. The molecule has 0 atom stereocenters. The van der Waals surface area contributed by atoms with Crippen LogP contribution in [0.25, 0.3) is 0 Å². The van der Waals surface area contributed by atoms with E-state index < -0.39 is 6.43 Å². The van der Waals surface area contributed by atoms with Crippen molar-refractivity contribution in [1.29, 1.82) is 0 Å². The van der Waals surface area contributed by atoms with E-state index in [4.69, 9.17) is 4.74 Å². The lowest BCUT2D eigenvalue weighted by molar-refractivity contribution is 0.151. The summed E-state index contributed by atoms with van der Waals surface area (Å²) in [4.78, 5) is 0. The molecule has 0 heterocycles. The number of ether oxygens (including phenoxy) is 1. The quantitative estimate of drug-likeness (QED) is 0.802. The summed E-state index contributed by atoms with van der Waals surface area (Å²) in [6, 6.07) is 4.40. The molecule has 2 rings (SSSR count). The van der Waals surface area contributed by atoms with Crippen molar-refractivity contribution < 1.29 is 13.5 Å². The molecule has 0 amide bonds. The molecule has 1 aliphatic carbocycles. The Labute approximate surface area is 95.6 Å². The van der Waals surface area contributed by atoms with Gasteiger partial charge in [-0.1, -0.05) is 0 Å². The molecule has 0 bridgehead atoms. The Kier molecular flexibility index (Phi) is 3.24. The number of rotatable bonds is 4. The molecule has 82 valence electrons. The molecule has 1 fully saturated rings. The van der Waals surface area contributed by atoms with Gasteiger partial charge in [0.1, 0.15) is 5.75 Å². The first-order valence-corrected chi connectivity index (χ1v) is 5.66. The molecule has 1 aromatic carbocycles. The molecule has 0 spiro atoms. The van der Waals surface area contributed by atoms with Crippen LogP contribution in [0.4, 0.5) is 8.78 Å². The second-order valence-electron chi connectivity index (χ2n) is 3.74. The Morgan fingerprint density at radius 1 is 1.40 bits per heavy atom. The molecule has 1 aromatic rings. The second kappa shape index (κ2) is 4.47. The van der Waals surface area contributed by atoms with E-state index in [-0.39, 0.29) is 5.56 Å². The zero-order valence-electron chi connectivity index (χ0n) is 8.05. The van der Waals surface area contributed by atoms with Crippen molar-refractivity contribution in [2.45, 2.75) is 19.3 Å². The highest BCUT2D eigenvalue weighted by atomic mass is 79.9. The molecular formula is C11H11BrF2O. The molecular weight excluding hydrogens is 266 g/mol. The molecule has 0 N–H and O–H groups in total. The lowest BCUT2D eigenvalue weighted by atomic mass is 10.2. The van der Waals surface area contributed by atoms with Crippen LogP contribution >= 0.6 is 15.9 Å². The number of hydrogen-bond donors (Lipinski definition) is 0. The molecule has 15 heavy (non-hydrogen) atoms. The Morgan fingerprint density at radius 3 is 2.67 bits per heavy atom. The van der Waals surface area contributed by atoms with E-state index in [1.165, 1.54) is 25.0 Å². The van der Waals surface area contributed by atoms with Gasteiger partial charge in [0.2, 0.25) is 0 Å². The van der Waals surface area contributed by atoms with Crippen LogP contribution in [0.3, 0.4) is 0 Å². The Hall–Kier alpha value is -0.640. The van der Waals surface area contributed by atoms with E-state index in [0.29, 0.717) is 22.7 Å². The highest BCUT2D eigenvalue weighted by molar-refractivity contribution is 9.10. The van der Waals surface area contributed by atoms with Crippen molar-refractivity contribution >= 4 is 15.9 Å². The van der Waals surface area contributed by atoms with Gasteiger partial charge in [0.25, 0.3) is 6.43 Å². The van der Waals surface area contributed by atoms with Gasteiger partial charge in [-0.2, -0.15) is 0 Å². The van der Waals surface area contributed by atoms with Gasteiger partial charge in [-0.25, -0.2) is 8.78 Å². The van der Waals surface area contributed by atoms with Crippen molar-refractivity contribution in [1.82, 2.24) is 0 Å². The van der Waals surface area contributed by atoms with Gasteiger partial charge in [-0.3, -0.25) is 0 Å². The summed E-state index contributed by atoms with van der Waals surface area (Å²) in [7, 11) is 0. The number of hydrogen-bond acceptors (Lipinski definition) is 1. The molecule has 0 saturated heterocycles. The Balaban J connectivity index is 2.04. The fourth-order valence-corrected chi connectivity index (χ4v) is 1.77. The summed E-state index contributed by atoms with van der Waals surface area (Å²) < 4.78 is 30.8. The summed E-state index contributed by atoms with van der Waals surface area (Å²) in [5, 5.41) is 0. The maximum absolute atomic E-state index is 12.3. The van der Waals surface area contributed by atoms with Crippen LogP contribution in [0.15, 0.2) is 22.7 Å². The highest BCUT2D eigenvalue weighted by Crippen LogP contribution is 2.33. The van der Waals surface area contributed by atoms with E-state index in [9.17, 15) is 8.78 Å². The minimum Gasteiger partial charge on any atom is -0.492 e. The van der Waals surface area contributed by atoms with Gasteiger partial charge in [0.05, 0.1) is 11.1 Å².